The van der Waals surface area contributed by atoms with Crippen LogP contribution in [0.3, 0.4) is 0 Å². The Morgan fingerprint density at radius 1 is 1.45 bits per heavy atom. The van der Waals surface area contributed by atoms with Crippen molar-refractivity contribution < 1.29 is 19.1 Å². The maximum atomic E-state index is 12.3. The maximum Gasteiger partial charge on any atom is 0.311 e. The van der Waals surface area contributed by atoms with Gasteiger partial charge in [0.05, 0.1) is 12.5 Å². The molecule has 0 aromatic rings. The number of amides is 1. The Labute approximate surface area is 132 Å². The van der Waals surface area contributed by atoms with Gasteiger partial charge >= 0.3 is 5.97 Å². The molecule has 5 heteroatoms. The smallest absolute Gasteiger partial charge is 0.311 e. The Morgan fingerprint density at radius 2 is 2.18 bits per heavy atom. The third-order valence-corrected chi connectivity index (χ3v) is 4.36. The lowest BCUT2D eigenvalue weighted by atomic mass is 9.76. The molecule has 2 rings (SSSR count). The third kappa shape index (κ3) is 4.32. The van der Waals surface area contributed by atoms with Gasteiger partial charge in [-0.3, -0.25) is 9.59 Å². The average Bonchev–Trinajstić information content (AvgIpc) is 2.75. The van der Waals surface area contributed by atoms with Crippen molar-refractivity contribution in [1.29, 1.82) is 0 Å². The summed E-state index contributed by atoms with van der Waals surface area (Å²) >= 11 is 0. The highest BCUT2D eigenvalue weighted by atomic mass is 16.5. The van der Waals surface area contributed by atoms with Crippen molar-refractivity contribution in [3.8, 4) is 0 Å². The van der Waals surface area contributed by atoms with Crippen LogP contribution < -0.4 is 0 Å². The first-order valence-electron chi connectivity index (χ1n) is 7.95. The van der Waals surface area contributed by atoms with Crippen LogP contribution in [0.15, 0.2) is 11.6 Å². The Morgan fingerprint density at radius 3 is 2.82 bits per heavy atom. The number of hydrogen-bond acceptors (Lipinski definition) is 4. The van der Waals surface area contributed by atoms with Crippen LogP contribution in [0.4, 0.5) is 0 Å². The zero-order chi connectivity index (χ0) is 16.3. The van der Waals surface area contributed by atoms with E-state index in [1.807, 2.05) is 6.08 Å². The molecule has 22 heavy (non-hydrogen) atoms. The van der Waals surface area contributed by atoms with Crippen LogP contribution in [0.5, 0.6) is 0 Å². The summed E-state index contributed by atoms with van der Waals surface area (Å²) in [6.45, 7) is 7.93. The number of rotatable bonds is 5. The van der Waals surface area contributed by atoms with Crippen LogP contribution in [-0.4, -0.2) is 49.7 Å². The van der Waals surface area contributed by atoms with E-state index < -0.39 is 0 Å². The van der Waals surface area contributed by atoms with Crippen molar-refractivity contribution in [2.24, 2.45) is 11.3 Å². The number of allylic oxidation sites excluding steroid dienone is 1. The quantitative estimate of drug-likeness (QED) is 0.577. The number of hydrogen-bond donors (Lipinski definition) is 0. The monoisotopic (exact) mass is 309 g/mol. The summed E-state index contributed by atoms with van der Waals surface area (Å²) in [5, 5.41) is 0. The van der Waals surface area contributed by atoms with Crippen molar-refractivity contribution in [2.75, 3.05) is 26.8 Å². The normalized spacial score (nSPS) is 27.7. The molecule has 2 atom stereocenters. The summed E-state index contributed by atoms with van der Waals surface area (Å²) in [7, 11) is 1.60. The van der Waals surface area contributed by atoms with E-state index in [4.69, 9.17) is 9.47 Å². The lowest BCUT2D eigenvalue weighted by Crippen LogP contribution is -2.32. The highest BCUT2D eigenvalue weighted by molar-refractivity contribution is 5.86. The molecule has 1 heterocycles. The van der Waals surface area contributed by atoms with Crippen LogP contribution in [0.2, 0.25) is 0 Å². The predicted octanol–water partition coefficient (Wildman–Crippen LogP) is 2.16. The van der Waals surface area contributed by atoms with Crippen LogP contribution >= 0.6 is 0 Å². The highest BCUT2D eigenvalue weighted by Crippen LogP contribution is 2.36. The Balaban J connectivity index is 1.90. The van der Waals surface area contributed by atoms with E-state index in [1.165, 1.54) is 5.57 Å². The standard InChI is InChI=1S/C17H27NO4/c1-12-7-14(10-17(2,3)9-12)22-16(20)13-8-15(19)18(11-13)5-6-21-4/h7,13-14H,5-6,8-11H2,1-4H3/t13-,14-/m1/s1. The molecule has 1 aliphatic heterocycles. The second-order valence-corrected chi connectivity index (χ2v) is 7.27. The van der Waals surface area contributed by atoms with E-state index in [1.54, 1.807) is 12.0 Å². The fourth-order valence-electron chi connectivity index (χ4n) is 3.48. The second-order valence-electron chi connectivity index (χ2n) is 7.27. The Hall–Kier alpha value is -1.36. The Bertz CT molecular complexity index is 469. The van der Waals surface area contributed by atoms with Gasteiger partial charge < -0.3 is 14.4 Å². The first kappa shape index (κ1) is 17.0. The molecule has 5 nitrogen and oxygen atoms in total. The topological polar surface area (TPSA) is 55.8 Å². The highest BCUT2D eigenvalue weighted by Gasteiger charge is 2.37. The summed E-state index contributed by atoms with van der Waals surface area (Å²) in [5.74, 6) is -0.585. The first-order chi connectivity index (χ1) is 10.3. The Kier molecular flexibility index (Phi) is 5.27. The lowest BCUT2D eigenvalue weighted by Gasteiger charge is -2.33. The summed E-state index contributed by atoms with van der Waals surface area (Å²) in [5.41, 5.74) is 1.41. The van der Waals surface area contributed by atoms with Crippen molar-refractivity contribution in [3.63, 3.8) is 0 Å². The number of nitrogens with zero attached hydrogens (tertiary/aromatic N) is 1. The molecule has 0 spiro atoms. The molecular weight excluding hydrogens is 282 g/mol. The minimum atomic E-state index is -0.344. The molecule has 0 N–H and O–H groups in total. The summed E-state index contributed by atoms with van der Waals surface area (Å²) in [6.07, 6.45) is 4.00. The molecule has 1 aliphatic carbocycles. The van der Waals surface area contributed by atoms with E-state index >= 15 is 0 Å². The SMILES string of the molecule is COCCN1C[C@H](C(=O)O[C@@H]2C=C(C)CC(C)(C)C2)CC1=O. The summed E-state index contributed by atoms with van der Waals surface area (Å²) in [6, 6.07) is 0. The van der Waals surface area contributed by atoms with Gasteiger partial charge in [-0.1, -0.05) is 19.4 Å². The van der Waals surface area contributed by atoms with E-state index in [0.29, 0.717) is 19.7 Å². The molecule has 1 amide bonds. The second kappa shape index (κ2) is 6.82. The predicted molar refractivity (Wildman–Crippen MR) is 83.2 cm³/mol. The van der Waals surface area contributed by atoms with E-state index in [9.17, 15) is 9.59 Å². The lowest BCUT2D eigenvalue weighted by molar-refractivity contribution is -0.153. The molecular formula is C17H27NO4. The van der Waals surface area contributed by atoms with Crippen LogP contribution in [0.1, 0.15) is 40.0 Å². The number of carbonyl (C=O) groups excluding carboxylic acids is 2. The molecule has 0 radical (unpaired) electrons. The van der Waals surface area contributed by atoms with Gasteiger partial charge in [0.1, 0.15) is 6.10 Å². The maximum absolute atomic E-state index is 12.3. The molecule has 0 saturated carbocycles. The van der Waals surface area contributed by atoms with Gasteiger partial charge in [0.2, 0.25) is 5.91 Å². The van der Waals surface area contributed by atoms with Gasteiger partial charge in [0.15, 0.2) is 0 Å². The average molecular weight is 309 g/mol. The number of methoxy groups -OCH3 is 1. The van der Waals surface area contributed by atoms with Gasteiger partial charge in [-0.2, -0.15) is 0 Å². The third-order valence-electron chi connectivity index (χ3n) is 4.36. The van der Waals surface area contributed by atoms with Crippen LogP contribution in [0.25, 0.3) is 0 Å². The molecule has 124 valence electrons. The van der Waals surface area contributed by atoms with Gasteiger partial charge in [0, 0.05) is 26.6 Å². The van der Waals surface area contributed by atoms with Gasteiger partial charge in [-0.15, -0.1) is 0 Å². The molecule has 0 aromatic carbocycles. The number of likely N-dealkylation sites (tertiary alicyclic amines) is 1. The molecule has 0 bridgehead atoms. The molecule has 0 unspecified atom stereocenters. The molecule has 2 aliphatic rings. The van der Waals surface area contributed by atoms with Crippen molar-refractivity contribution in [2.45, 2.75) is 46.1 Å². The fraction of sp³-hybridized carbons (Fsp3) is 0.765. The fourth-order valence-corrected chi connectivity index (χ4v) is 3.48. The first-order valence-corrected chi connectivity index (χ1v) is 7.95. The van der Waals surface area contributed by atoms with E-state index in [-0.39, 0.29) is 35.7 Å². The minimum absolute atomic E-state index is 0.00898. The van der Waals surface area contributed by atoms with E-state index in [2.05, 4.69) is 20.8 Å². The number of ether oxygens (including phenoxy) is 2. The van der Waals surface area contributed by atoms with Crippen molar-refractivity contribution in [3.05, 3.63) is 11.6 Å². The van der Waals surface area contributed by atoms with Gasteiger partial charge in [-0.05, 0) is 31.3 Å². The van der Waals surface area contributed by atoms with Gasteiger partial charge in [0.25, 0.3) is 0 Å². The summed E-state index contributed by atoms with van der Waals surface area (Å²) < 4.78 is 10.6. The zero-order valence-electron chi connectivity index (χ0n) is 14.1. The number of esters is 1. The minimum Gasteiger partial charge on any atom is -0.458 e. The molecule has 1 saturated heterocycles. The van der Waals surface area contributed by atoms with Crippen molar-refractivity contribution in [1.82, 2.24) is 4.90 Å². The molecule has 0 aromatic heterocycles. The van der Waals surface area contributed by atoms with Gasteiger partial charge in [-0.25, -0.2) is 0 Å². The van der Waals surface area contributed by atoms with Crippen molar-refractivity contribution >= 4 is 11.9 Å². The van der Waals surface area contributed by atoms with Crippen LogP contribution in [0, 0.1) is 11.3 Å². The number of carbonyl (C=O) groups is 2. The zero-order valence-corrected chi connectivity index (χ0v) is 14.1. The largest absolute Gasteiger partial charge is 0.458 e. The summed E-state index contributed by atoms with van der Waals surface area (Å²) in [4.78, 5) is 25.9. The molecule has 1 fully saturated rings. The van der Waals surface area contributed by atoms with Crippen LogP contribution in [-0.2, 0) is 19.1 Å². The van der Waals surface area contributed by atoms with E-state index in [0.717, 1.165) is 12.8 Å².